The molecule has 0 unspecified atom stereocenters. The van der Waals surface area contributed by atoms with E-state index in [1.165, 1.54) is 6.07 Å². The molecule has 3 N–H and O–H groups in total. The fourth-order valence-corrected chi connectivity index (χ4v) is 1.92. The van der Waals surface area contributed by atoms with E-state index in [0.717, 1.165) is 6.07 Å². The number of hydrogen-bond donors (Lipinski definition) is 3. The first kappa shape index (κ1) is 14.0. The summed E-state index contributed by atoms with van der Waals surface area (Å²) in [4.78, 5) is 0. The number of furan rings is 1. The monoisotopic (exact) mass is 271 g/mol. The van der Waals surface area contributed by atoms with Gasteiger partial charge in [0.15, 0.2) is 0 Å². The molecule has 9 heteroatoms. The van der Waals surface area contributed by atoms with Gasteiger partial charge in [0.2, 0.25) is 5.09 Å². The summed E-state index contributed by atoms with van der Waals surface area (Å²) in [5, 5.41) is 16.3. The van der Waals surface area contributed by atoms with Gasteiger partial charge in [0, 0.05) is 0 Å². The summed E-state index contributed by atoms with van der Waals surface area (Å²) < 4.78 is 54.4. The molecule has 98 valence electrons. The molecule has 1 heterocycles. The van der Waals surface area contributed by atoms with E-state index >= 15 is 0 Å². The minimum atomic E-state index is -4.21. The van der Waals surface area contributed by atoms with Crippen LogP contribution >= 0.6 is 0 Å². The van der Waals surface area contributed by atoms with Crippen LogP contribution in [-0.2, 0) is 16.6 Å². The van der Waals surface area contributed by atoms with Crippen molar-refractivity contribution in [2.75, 3.05) is 13.2 Å². The molecule has 0 aliphatic rings. The Bertz CT molecular complexity index is 470. The zero-order valence-electron chi connectivity index (χ0n) is 8.56. The number of hydrogen-bond acceptors (Lipinski definition) is 5. The van der Waals surface area contributed by atoms with Crippen molar-refractivity contribution in [2.24, 2.45) is 0 Å². The molecule has 1 aromatic rings. The average molecular weight is 271 g/mol. The van der Waals surface area contributed by atoms with Gasteiger partial charge < -0.3 is 14.6 Å². The van der Waals surface area contributed by atoms with E-state index < -0.39 is 40.8 Å². The zero-order valence-corrected chi connectivity index (χ0v) is 9.38. The first-order chi connectivity index (χ1) is 7.80. The van der Waals surface area contributed by atoms with Crippen LogP contribution in [0.1, 0.15) is 5.76 Å². The highest BCUT2D eigenvalue weighted by Crippen LogP contribution is 2.16. The van der Waals surface area contributed by atoms with E-state index in [1.54, 1.807) is 4.72 Å². The molecule has 0 amide bonds. The Morgan fingerprint density at radius 3 is 2.47 bits per heavy atom. The van der Waals surface area contributed by atoms with Gasteiger partial charge in [-0.2, -0.15) is 0 Å². The van der Waals surface area contributed by atoms with Gasteiger partial charge in [-0.3, -0.25) is 0 Å². The topological polar surface area (TPSA) is 99.8 Å². The number of rotatable bonds is 6. The van der Waals surface area contributed by atoms with Gasteiger partial charge in [-0.25, -0.2) is 21.9 Å². The standard InChI is InChI=1S/C8H11F2NO5S/c9-8(10,5-13)4-11-17(14,15)7-2-1-6(3-12)16-7/h1-2,11-13H,3-5H2. The highest BCUT2D eigenvalue weighted by molar-refractivity contribution is 7.89. The molecule has 0 radical (unpaired) electrons. The summed E-state index contributed by atoms with van der Waals surface area (Å²) in [7, 11) is -4.21. The Morgan fingerprint density at radius 1 is 1.35 bits per heavy atom. The van der Waals surface area contributed by atoms with Crippen LogP contribution in [0.5, 0.6) is 0 Å². The summed E-state index contributed by atoms with van der Waals surface area (Å²) in [6.45, 7) is -3.20. The van der Waals surface area contributed by atoms with Gasteiger partial charge >= 0.3 is 0 Å². The van der Waals surface area contributed by atoms with Crippen molar-refractivity contribution in [3.05, 3.63) is 17.9 Å². The van der Waals surface area contributed by atoms with Crippen LogP contribution < -0.4 is 4.72 Å². The van der Waals surface area contributed by atoms with Crippen molar-refractivity contribution in [3.8, 4) is 0 Å². The third-order valence-corrected chi connectivity index (χ3v) is 3.08. The summed E-state index contributed by atoms with van der Waals surface area (Å²) in [5.41, 5.74) is 0. The molecule has 0 saturated carbocycles. The average Bonchev–Trinajstić information content (AvgIpc) is 2.76. The number of halogens is 2. The van der Waals surface area contributed by atoms with Crippen LogP contribution in [0, 0.1) is 0 Å². The molecule has 0 aromatic carbocycles. The molecule has 1 aromatic heterocycles. The third-order valence-electron chi connectivity index (χ3n) is 1.81. The van der Waals surface area contributed by atoms with Crippen LogP contribution in [0.3, 0.4) is 0 Å². The maximum Gasteiger partial charge on any atom is 0.283 e. The maximum absolute atomic E-state index is 12.6. The lowest BCUT2D eigenvalue weighted by molar-refractivity contribution is -0.0437. The normalized spacial score (nSPS) is 12.9. The maximum atomic E-state index is 12.6. The van der Waals surface area contributed by atoms with Gasteiger partial charge in [0.25, 0.3) is 15.9 Å². The van der Waals surface area contributed by atoms with Crippen LogP contribution in [0.15, 0.2) is 21.6 Å². The minimum Gasteiger partial charge on any atom is -0.446 e. The van der Waals surface area contributed by atoms with Crippen molar-refractivity contribution < 1.29 is 31.8 Å². The summed E-state index contributed by atoms with van der Waals surface area (Å²) in [6.07, 6.45) is 0. The van der Waals surface area contributed by atoms with E-state index in [9.17, 15) is 17.2 Å². The minimum absolute atomic E-state index is 0.000654. The molecule has 0 saturated heterocycles. The van der Waals surface area contributed by atoms with Crippen LogP contribution in [0.25, 0.3) is 0 Å². The molecule has 0 fully saturated rings. The zero-order chi connectivity index (χ0) is 13.1. The Labute approximate surface area is 95.9 Å². The number of aliphatic hydroxyl groups is 2. The number of sulfonamides is 1. The molecule has 17 heavy (non-hydrogen) atoms. The SMILES string of the molecule is O=S(=O)(NCC(F)(F)CO)c1ccc(CO)o1. The molecular formula is C8H11F2NO5S. The summed E-state index contributed by atoms with van der Waals surface area (Å²) >= 11 is 0. The second-order valence-corrected chi connectivity index (χ2v) is 4.92. The van der Waals surface area contributed by atoms with Gasteiger partial charge in [-0.1, -0.05) is 0 Å². The summed E-state index contributed by atoms with van der Waals surface area (Å²) in [5.74, 6) is -3.54. The Kier molecular flexibility index (Phi) is 4.20. The second-order valence-electron chi connectivity index (χ2n) is 3.22. The largest absolute Gasteiger partial charge is 0.446 e. The van der Waals surface area contributed by atoms with Crippen molar-refractivity contribution in [2.45, 2.75) is 17.6 Å². The second kappa shape index (κ2) is 5.08. The number of aliphatic hydroxyl groups excluding tert-OH is 2. The molecule has 6 nitrogen and oxygen atoms in total. The smallest absolute Gasteiger partial charge is 0.283 e. The van der Waals surface area contributed by atoms with E-state index in [1.807, 2.05) is 0 Å². The number of nitrogens with one attached hydrogen (secondary N) is 1. The molecule has 0 aliphatic heterocycles. The van der Waals surface area contributed by atoms with Crippen molar-refractivity contribution >= 4 is 10.0 Å². The Balaban J connectivity index is 2.76. The molecule has 0 aliphatic carbocycles. The summed E-state index contributed by atoms with van der Waals surface area (Å²) in [6, 6.07) is 2.24. The highest BCUT2D eigenvalue weighted by atomic mass is 32.2. The molecular weight excluding hydrogens is 260 g/mol. The van der Waals surface area contributed by atoms with E-state index in [-0.39, 0.29) is 5.76 Å². The van der Waals surface area contributed by atoms with Crippen molar-refractivity contribution in [1.29, 1.82) is 0 Å². The fourth-order valence-electron chi connectivity index (χ4n) is 0.915. The lowest BCUT2D eigenvalue weighted by Gasteiger charge is -2.13. The van der Waals surface area contributed by atoms with Gasteiger partial charge in [0.1, 0.15) is 19.0 Å². The molecule has 0 spiro atoms. The molecule has 0 atom stereocenters. The lowest BCUT2D eigenvalue weighted by Crippen LogP contribution is -2.38. The van der Waals surface area contributed by atoms with Gasteiger partial charge in [-0.15, -0.1) is 0 Å². The van der Waals surface area contributed by atoms with Crippen LogP contribution in [0.2, 0.25) is 0 Å². The highest BCUT2D eigenvalue weighted by Gasteiger charge is 2.31. The molecule has 0 bridgehead atoms. The predicted molar refractivity (Wildman–Crippen MR) is 51.9 cm³/mol. The van der Waals surface area contributed by atoms with Crippen molar-refractivity contribution in [3.63, 3.8) is 0 Å². The number of alkyl halides is 2. The van der Waals surface area contributed by atoms with E-state index in [2.05, 4.69) is 4.42 Å². The third kappa shape index (κ3) is 3.73. The van der Waals surface area contributed by atoms with Crippen molar-refractivity contribution in [1.82, 2.24) is 4.72 Å². The van der Waals surface area contributed by atoms with E-state index in [4.69, 9.17) is 10.2 Å². The van der Waals surface area contributed by atoms with Crippen LogP contribution in [0.4, 0.5) is 8.78 Å². The quantitative estimate of drug-likeness (QED) is 0.658. The van der Waals surface area contributed by atoms with E-state index in [0.29, 0.717) is 0 Å². The van der Waals surface area contributed by atoms with Crippen LogP contribution in [-0.4, -0.2) is 37.7 Å². The lowest BCUT2D eigenvalue weighted by atomic mass is 10.4. The first-order valence-electron chi connectivity index (χ1n) is 4.49. The molecule has 1 rings (SSSR count). The Morgan fingerprint density at radius 2 is 2.00 bits per heavy atom. The fraction of sp³-hybridized carbons (Fsp3) is 0.500. The Hall–Kier alpha value is -1.03. The first-order valence-corrected chi connectivity index (χ1v) is 5.97. The van der Waals surface area contributed by atoms with Gasteiger partial charge in [0.05, 0.1) is 6.54 Å². The predicted octanol–water partition coefficient (Wildman–Crippen LogP) is -0.322. The van der Waals surface area contributed by atoms with Gasteiger partial charge in [-0.05, 0) is 12.1 Å².